The Morgan fingerprint density at radius 1 is 0.941 bits per heavy atom. The highest BCUT2D eigenvalue weighted by Crippen LogP contribution is 2.29. The fourth-order valence-corrected chi connectivity index (χ4v) is 4.70. The second-order valence-corrected chi connectivity index (χ2v) is 8.79. The van der Waals surface area contributed by atoms with Crippen LogP contribution in [0.4, 0.5) is 0 Å². The highest BCUT2D eigenvalue weighted by atomic mass is 32.1. The molecule has 0 fully saturated rings. The Balaban J connectivity index is 1.35. The third kappa shape index (κ3) is 4.47. The Labute approximate surface area is 200 Å². The average Bonchev–Trinajstić information content (AvgIpc) is 3.35. The zero-order valence-corrected chi connectivity index (χ0v) is 19.8. The summed E-state index contributed by atoms with van der Waals surface area (Å²) in [5, 5.41) is 0. The van der Waals surface area contributed by atoms with Gasteiger partial charge in [0.05, 0.1) is 22.2 Å². The van der Waals surface area contributed by atoms with Crippen LogP contribution in [0.5, 0.6) is 17.2 Å². The Bertz CT molecular complexity index is 1550. The molecular weight excluding hydrogens is 448 g/mol. The number of imidazole rings is 1. The van der Waals surface area contributed by atoms with Gasteiger partial charge in [0.15, 0.2) is 16.5 Å². The number of para-hydroxylation sites is 2. The van der Waals surface area contributed by atoms with Crippen molar-refractivity contribution in [2.45, 2.75) is 13.8 Å². The van der Waals surface area contributed by atoms with Crippen LogP contribution in [-0.4, -0.2) is 29.2 Å². The van der Waals surface area contributed by atoms with E-state index in [2.05, 4.69) is 4.98 Å². The van der Waals surface area contributed by atoms with Crippen LogP contribution >= 0.6 is 11.3 Å². The third-order valence-corrected chi connectivity index (χ3v) is 6.31. The van der Waals surface area contributed by atoms with Crippen LogP contribution in [0.3, 0.4) is 0 Å². The summed E-state index contributed by atoms with van der Waals surface area (Å²) in [6.45, 7) is 5.28. The second kappa shape index (κ2) is 9.57. The minimum atomic E-state index is -0.0692. The number of hydrogen-bond donors (Lipinski definition) is 0. The predicted molar refractivity (Wildman–Crippen MR) is 135 cm³/mol. The van der Waals surface area contributed by atoms with E-state index in [1.165, 1.54) is 16.9 Å². The second-order valence-electron chi connectivity index (χ2n) is 7.78. The van der Waals surface area contributed by atoms with Gasteiger partial charge in [-0.3, -0.25) is 4.79 Å². The highest BCUT2D eigenvalue weighted by Gasteiger charge is 2.11. The summed E-state index contributed by atoms with van der Waals surface area (Å²) < 4.78 is 19.7. The molecule has 0 spiro atoms. The van der Waals surface area contributed by atoms with Crippen LogP contribution < -0.4 is 24.3 Å². The van der Waals surface area contributed by atoms with E-state index >= 15 is 0 Å². The Hall–Kier alpha value is -3.84. The van der Waals surface area contributed by atoms with Crippen molar-refractivity contribution >= 4 is 33.4 Å². The maximum atomic E-state index is 13.0. The van der Waals surface area contributed by atoms with Crippen molar-refractivity contribution in [3.8, 4) is 17.2 Å². The summed E-state index contributed by atoms with van der Waals surface area (Å²) in [6.07, 6.45) is 1.86. The summed E-state index contributed by atoms with van der Waals surface area (Å²) in [6, 6.07) is 21.2. The van der Waals surface area contributed by atoms with Crippen LogP contribution in [0.25, 0.3) is 22.1 Å². The first-order valence-corrected chi connectivity index (χ1v) is 11.9. The predicted octanol–water partition coefficient (Wildman–Crippen LogP) is 4.62. The summed E-state index contributed by atoms with van der Waals surface area (Å²) >= 11 is 1.38. The van der Waals surface area contributed by atoms with Gasteiger partial charge in [-0.15, -0.1) is 0 Å². The zero-order chi connectivity index (χ0) is 23.5. The average molecular weight is 473 g/mol. The zero-order valence-electron chi connectivity index (χ0n) is 19.0. The molecule has 172 valence electrons. The number of aromatic nitrogens is 2. The first-order valence-electron chi connectivity index (χ1n) is 11.1. The number of benzene rings is 3. The SMILES string of the molecule is CCOc1cc(C=c2sc3nc4ccccc4n3c2=O)ccc1OCCOc1ccc(C)cc1. The van der Waals surface area contributed by atoms with E-state index in [1.807, 2.05) is 86.7 Å². The Kier molecular flexibility index (Phi) is 6.18. The standard InChI is InChI=1S/C27H24N2O4S/c1-3-31-24-16-19(10-13-23(24)33-15-14-32-20-11-8-18(2)9-12-20)17-25-26(30)29-22-7-5-4-6-21(22)28-27(29)34-25/h4-13,16-17H,3,14-15H2,1-2H3. The molecule has 7 heteroatoms. The minimum Gasteiger partial charge on any atom is -0.490 e. The summed E-state index contributed by atoms with van der Waals surface area (Å²) in [7, 11) is 0. The maximum Gasteiger partial charge on any atom is 0.274 e. The van der Waals surface area contributed by atoms with E-state index in [0.29, 0.717) is 40.8 Å². The van der Waals surface area contributed by atoms with Crippen molar-refractivity contribution in [1.82, 2.24) is 9.38 Å². The van der Waals surface area contributed by atoms with Gasteiger partial charge in [-0.25, -0.2) is 9.38 Å². The van der Waals surface area contributed by atoms with Crippen molar-refractivity contribution in [2.75, 3.05) is 19.8 Å². The third-order valence-electron chi connectivity index (χ3n) is 5.34. The molecule has 0 aliphatic heterocycles. The maximum absolute atomic E-state index is 13.0. The molecule has 0 atom stereocenters. The molecule has 5 aromatic rings. The number of aryl methyl sites for hydroxylation is 1. The molecule has 5 rings (SSSR count). The largest absolute Gasteiger partial charge is 0.490 e. The van der Waals surface area contributed by atoms with Gasteiger partial charge in [-0.05, 0) is 61.9 Å². The Morgan fingerprint density at radius 2 is 1.74 bits per heavy atom. The minimum absolute atomic E-state index is 0.0692. The van der Waals surface area contributed by atoms with Gasteiger partial charge in [-0.1, -0.05) is 47.2 Å². The molecule has 2 aromatic heterocycles. The van der Waals surface area contributed by atoms with E-state index in [0.717, 1.165) is 22.3 Å². The van der Waals surface area contributed by atoms with Crippen molar-refractivity contribution in [3.05, 3.63) is 92.7 Å². The van der Waals surface area contributed by atoms with Gasteiger partial charge in [0.2, 0.25) is 0 Å². The molecule has 34 heavy (non-hydrogen) atoms. The quantitative estimate of drug-likeness (QED) is 0.308. The molecule has 6 nitrogen and oxygen atoms in total. The Morgan fingerprint density at radius 3 is 2.56 bits per heavy atom. The lowest BCUT2D eigenvalue weighted by molar-refractivity contribution is 0.208. The molecule has 0 saturated carbocycles. The molecule has 2 heterocycles. The smallest absolute Gasteiger partial charge is 0.274 e. The normalized spacial score (nSPS) is 11.9. The fourth-order valence-electron chi connectivity index (χ4n) is 3.71. The molecule has 0 radical (unpaired) electrons. The fraction of sp³-hybridized carbons (Fsp3) is 0.185. The van der Waals surface area contributed by atoms with Gasteiger partial charge in [0, 0.05) is 0 Å². The van der Waals surface area contributed by atoms with Gasteiger partial charge >= 0.3 is 0 Å². The van der Waals surface area contributed by atoms with Gasteiger partial charge in [0.1, 0.15) is 19.0 Å². The van der Waals surface area contributed by atoms with Crippen molar-refractivity contribution < 1.29 is 14.2 Å². The number of ether oxygens (including phenoxy) is 3. The number of nitrogens with zero attached hydrogens (tertiary/aromatic N) is 2. The van der Waals surface area contributed by atoms with Crippen LogP contribution in [-0.2, 0) is 0 Å². The molecule has 0 aliphatic carbocycles. The number of thiazole rings is 1. The lowest BCUT2D eigenvalue weighted by atomic mass is 10.2. The molecule has 0 unspecified atom stereocenters. The van der Waals surface area contributed by atoms with Crippen LogP contribution in [0.15, 0.2) is 71.5 Å². The number of rotatable bonds is 8. The first-order chi connectivity index (χ1) is 16.6. The summed E-state index contributed by atoms with van der Waals surface area (Å²) in [5.74, 6) is 2.08. The highest BCUT2D eigenvalue weighted by molar-refractivity contribution is 7.15. The van der Waals surface area contributed by atoms with Crippen molar-refractivity contribution in [3.63, 3.8) is 0 Å². The van der Waals surface area contributed by atoms with Crippen LogP contribution in [0.2, 0.25) is 0 Å². The number of hydrogen-bond acceptors (Lipinski definition) is 6. The lowest BCUT2D eigenvalue weighted by Gasteiger charge is -2.13. The van der Waals surface area contributed by atoms with Crippen molar-refractivity contribution in [1.29, 1.82) is 0 Å². The van der Waals surface area contributed by atoms with Crippen molar-refractivity contribution in [2.24, 2.45) is 0 Å². The molecule has 0 amide bonds. The van der Waals surface area contributed by atoms with E-state index in [1.54, 1.807) is 4.40 Å². The first kappa shape index (κ1) is 22.0. The number of fused-ring (bicyclic) bond motifs is 3. The molecular formula is C27H24N2O4S. The van der Waals surface area contributed by atoms with Gasteiger partial charge in [-0.2, -0.15) is 0 Å². The molecule has 0 bridgehead atoms. The monoisotopic (exact) mass is 472 g/mol. The van der Waals surface area contributed by atoms with Crippen LogP contribution in [0.1, 0.15) is 18.1 Å². The van der Waals surface area contributed by atoms with E-state index in [4.69, 9.17) is 14.2 Å². The molecule has 0 N–H and O–H groups in total. The summed E-state index contributed by atoms with van der Waals surface area (Å²) in [4.78, 5) is 18.3. The van der Waals surface area contributed by atoms with E-state index in [9.17, 15) is 4.79 Å². The topological polar surface area (TPSA) is 62.1 Å². The van der Waals surface area contributed by atoms with E-state index < -0.39 is 0 Å². The van der Waals surface area contributed by atoms with E-state index in [-0.39, 0.29) is 5.56 Å². The molecule has 0 saturated heterocycles. The van der Waals surface area contributed by atoms with Gasteiger partial charge < -0.3 is 14.2 Å². The van der Waals surface area contributed by atoms with Crippen LogP contribution in [0, 0.1) is 6.92 Å². The molecule has 3 aromatic carbocycles. The lowest BCUT2D eigenvalue weighted by Crippen LogP contribution is -2.22. The molecule has 0 aliphatic rings. The summed E-state index contributed by atoms with van der Waals surface area (Å²) in [5.41, 5.74) is 3.63. The van der Waals surface area contributed by atoms with Gasteiger partial charge in [0.25, 0.3) is 5.56 Å².